The first kappa shape index (κ1) is 14.3. The Labute approximate surface area is 128 Å². The molecule has 0 amide bonds. The van der Waals surface area contributed by atoms with Gasteiger partial charge in [-0.2, -0.15) is 0 Å². The van der Waals surface area contributed by atoms with Crippen LogP contribution in [0.5, 0.6) is 0 Å². The predicted octanol–water partition coefficient (Wildman–Crippen LogP) is 3.92. The zero-order chi connectivity index (χ0) is 13.8. The molecule has 1 aliphatic rings. The van der Waals surface area contributed by atoms with Gasteiger partial charge in [-0.25, -0.2) is 0 Å². The van der Waals surface area contributed by atoms with Crippen LogP contribution in [-0.2, 0) is 6.42 Å². The average molecular weight is 307 g/mol. The fraction of sp³-hybridized carbons (Fsp3) is 0.500. The van der Waals surface area contributed by atoms with E-state index >= 15 is 0 Å². The molecule has 4 heteroatoms. The van der Waals surface area contributed by atoms with E-state index in [1.54, 1.807) is 4.88 Å². The number of rotatable bonds is 6. The predicted molar refractivity (Wildman–Crippen MR) is 86.7 cm³/mol. The Balaban J connectivity index is 1.76. The molecule has 1 aliphatic heterocycles. The number of hydrogen-bond donors (Lipinski definition) is 1. The van der Waals surface area contributed by atoms with E-state index in [0.29, 0.717) is 12.6 Å². The van der Waals surface area contributed by atoms with Crippen LogP contribution < -0.4 is 0 Å². The first-order valence-corrected chi connectivity index (χ1v) is 9.10. The second-order valence-corrected chi connectivity index (χ2v) is 7.27. The molecule has 3 rings (SSSR count). The highest BCUT2D eigenvalue weighted by Crippen LogP contribution is 2.39. The molecule has 2 nitrogen and oxygen atoms in total. The molecular formula is C16H21NOS2. The van der Waals surface area contributed by atoms with E-state index in [2.05, 4.69) is 33.9 Å². The molecule has 108 valence electrons. The SMILES string of the molecule is OCCCCCN1CCc2sccc2C1c1cccs1. The lowest BCUT2D eigenvalue weighted by molar-refractivity contribution is 0.208. The molecule has 0 aliphatic carbocycles. The van der Waals surface area contributed by atoms with Crippen molar-refractivity contribution in [2.45, 2.75) is 31.7 Å². The number of nitrogens with zero attached hydrogens (tertiary/aromatic N) is 1. The maximum atomic E-state index is 8.90. The van der Waals surface area contributed by atoms with Crippen LogP contribution in [0.1, 0.15) is 40.6 Å². The summed E-state index contributed by atoms with van der Waals surface area (Å²) in [6.45, 7) is 2.62. The van der Waals surface area contributed by atoms with Gasteiger partial charge in [0.1, 0.15) is 0 Å². The molecular weight excluding hydrogens is 286 g/mol. The van der Waals surface area contributed by atoms with Crippen LogP contribution in [0.4, 0.5) is 0 Å². The van der Waals surface area contributed by atoms with Crippen molar-refractivity contribution in [2.75, 3.05) is 19.7 Å². The van der Waals surface area contributed by atoms with E-state index in [9.17, 15) is 0 Å². The Morgan fingerprint density at radius 3 is 2.90 bits per heavy atom. The lowest BCUT2D eigenvalue weighted by atomic mass is 9.98. The quantitative estimate of drug-likeness (QED) is 0.818. The monoisotopic (exact) mass is 307 g/mol. The molecule has 2 aromatic rings. The maximum absolute atomic E-state index is 8.90. The Morgan fingerprint density at radius 2 is 2.10 bits per heavy atom. The van der Waals surface area contributed by atoms with Gasteiger partial charge in [0.2, 0.25) is 0 Å². The van der Waals surface area contributed by atoms with E-state index in [1.807, 2.05) is 22.7 Å². The molecule has 20 heavy (non-hydrogen) atoms. The summed E-state index contributed by atoms with van der Waals surface area (Å²) in [4.78, 5) is 5.65. The molecule has 0 fully saturated rings. The third kappa shape index (κ3) is 2.98. The lowest BCUT2D eigenvalue weighted by Crippen LogP contribution is -2.35. The van der Waals surface area contributed by atoms with Crippen molar-refractivity contribution in [3.63, 3.8) is 0 Å². The average Bonchev–Trinajstić information content (AvgIpc) is 3.13. The summed E-state index contributed by atoms with van der Waals surface area (Å²) in [7, 11) is 0. The summed E-state index contributed by atoms with van der Waals surface area (Å²) in [5, 5.41) is 13.3. The van der Waals surface area contributed by atoms with Crippen LogP contribution in [0.2, 0.25) is 0 Å². The summed E-state index contributed by atoms with van der Waals surface area (Å²) in [5.41, 5.74) is 1.52. The van der Waals surface area contributed by atoms with Crippen LogP contribution in [0.15, 0.2) is 29.0 Å². The fourth-order valence-electron chi connectivity index (χ4n) is 2.99. The maximum Gasteiger partial charge on any atom is 0.0707 e. The van der Waals surface area contributed by atoms with Gasteiger partial charge in [0, 0.05) is 22.9 Å². The zero-order valence-corrected chi connectivity index (χ0v) is 13.3. The minimum atomic E-state index is 0.322. The molecule has 2 aromatic heterocycles. The van der Waals surface area contributed by atoms with Gasteiger partial charge in [0.15, 0.2) is 0 Å². The minimum Gasteiger partial charge on any atom is -0.396 e. The smallest absolute Gasteiger partial charge is 0.0707 e. The van der Waals surface area contributed by atoms with Crippen LogP contribution in [0, 0.1) is 0 Å². The van der Waals surface area contributed by atoms with Crippen LogP contribution in [0.25, 0.3) is 0 Å². The van der Waals surface area contributed by atoms with E-state index in [-0.39, 0.29) is 0 Å². The zero-order valence-electron chi connectivity index (χ0n) is 11.6. The van der Waals surface area contributed by atoms with E-state index in [0.717, 1.165) is 25.9 Å². The standard InChI is InChI=1S/C16H21NOS2/c18-10-3-1-2-8-17-9-6-14-13(7-12-20-14)16(17)15-5-4-11-19-15/h4-5,7,11-12,16,18H,1-3,6,8-10H2. The molecule has 0 bridgehead atoms. The van der Waals surface area contributed by atoms with Gasteiger partial charge >= 0.3 is 0 Å². The highest BCUT2D eigenvalue weighted by molar-refractivity contribution is 7.10. The second kappa shape index (κ2) is 6.85. The second-order valence-electron chi connectivity index (χ2n) is 5.29. The molecule has 0 spiro atoms. The molecule has 0 saturated heterocycles. The summed E-state index contributed by atoms with van der Waals surface area (Å²) >= 11 is 3.77. The Bertz CT molecular complexity index is 520. The third-order valence-electron chi connectivity index (χ3n) is 3.98. The number of aliphatic hydroxyl groups excluding tert-OH is 1. The van der Waals surface area contributed by atoms with Crippen molar-refractivity contribution in [2.24, 2.45) is 0 Å². The van der Waals surface area contributed by atoms with Crippen LogP contribution in [-0.4, -0.2) is 29.7 Å². The number of fused-ring (bicyclic) bond motifs is 1. The topological polar surface area (TPSA) is 23.5 Å². The fourth-order valence-corrected chi connectivity index (χ4v) is 4.77. The first-order valence-electron chi connectivity index (χ1n) is 7.34. The van der Waals surface area contributed by atoms with Gasteiger partial charge in [0.25, 0.3) is 0 Å². The minimum absolute atomic E-state index is 0.322. The van der Waals surface area contributed by atoms with Crippen molar-refractivity contribution < 1.29 is 5.11 Å². The van der Waals surface area contributed by atoms with Gasteiger partial charge in [-0.15, -0.1) is 22.7 Å². The molecule has 3 heterocycles. The summed E-state index contributed by atoms with van der Waals surface area (Å²) in [6, 6.07) is 7.19. The molecule has 0 aromatic carbocycles. The molecule has 1 unspecified atom stereocenters. The Morgan fingerprint density at radius 1 is 1.15 bits per heavy atom. The number of thiophene rings is 2. The van der Waals surface area contributed by atoms with E-state index in [1.165, 1.54) is 23.3 Å². The Kier molecular flexibility index (Phi) is 4.89. The molecule has 1 atom stereocenters. The highest BCUT2D eigenvalue weighted by Gasteiger charge is 2.29. The van der Waals surface area contributed by atoms with Gasteiger partial charge in [-0.05, 0) is 60.7 Å². The summed E-state index contributed by atoms with van der Waals surface area (Å²) in [5.74, 6) is 0. The number of unbranched alkanes of at least 4 members (excludes halogenated alkanes) is 2. The summed E-state index contributed by atoms with van der Waals surface area (Å²) < 4.78 is 0. The number of hydrogen-bond acceptors (Lipinski definition) is 4. The third-order valence-corrected chi connectivity index (χ3v) is 5.90. The van der Waals surface area contributed by atoms with Gasteiger partial charge in [0.05, 0.1) is 6.04 Å². The lowest BCUT2D eigenvalue weighted by Gasteiger charge is -2.35. The normalized spacial score (nSPS) is 19.1. The van der Waals surface area contributed by atoms with Gasteiger partial charge < -0.3 is 5.11 Å². The summed E-state index contributed by atoms with van der Waals surface area (Å²) in [6.07, 6.45) is 4.43. The number of aliphatic hydroxyl groups is 1. The van der Waals surface area contributed by atoms with Crippen molar-refractivity contribution in [3.8, 4) is 0 Å². The Hall–Kier alpha value is -0.680. The van der Waals surface area contributed by atoms with Crippen molar-refractivity contribution in [3.05, 3.63) is 44.3 Å². The highest BCUT2D eigenvalue weighted by atomic mass is 32.1. The molecule has 0 radical (unpaired) electrons. The van der Waals surface area contributed by atoms with Gasteiger partial charge in [-0.3, -0.25) is 4.90 Å². The van der Waals surface area contributed by atoms with Crippen molar-refractivity contribution >= 4 is 22.7 Å². The van der Waals surface area contributed by atoms with Gasteiger partial charge in [-0.1, -0.05) is 6.07 Å². The van der Waals surface area contributed by atoms with Crippen molar-refractivity contribution in [1.29, 1.82) is 0 Å². The molecule has 0 saturated carbocycles. The van der Waals surface area contributed by atoms with E-state index in [4.69, 9.17) is 5.11 Å². The first-order chi connectivity index (χ1) is 9.90. The van der Waals surface area contributed by atoms with E-state index < -0.39 is 0 Å². The largest absolute Gasteiger partial charge is 0.396 e. The molecule has 1 N–H and O–H groups in total. The van der Waals surface area contributed by atoms with Crippen molar-refractivity contribution in [1.82, 2.24) is 4.90 Å². The van der Waals surface area contributed by atoms with Crippen LogP contribution >= 0.6 is 22.7 Å². The van der Waals surface area contributed by atoms with Crippen LogP contribution in [0.3, 0.4) is 0 Å².